The molecule has 2 aromatic carbocycles. The topological polar surface area (TPSA) is 82.9 Å². The molecule has 0 aliphatic carbocycles. The third-order valence-electron chi connectivity index (χ3n) is 5.35. The van der Waals surface area contributed by atoms with E-state index in [1.165, 1.54) is 0 Å². The number of amides is 1. The number of rotatable bonds is 9. The molecule has 0 fully saturated rings. The molecule has 0 bridgehead atoms. The van der Waals surface area contributed by atoms with Gasteiger partial charge in [-0.05, 0) is 57.5 Å². The van der Waals surface area contributed by atoms with Gasteiger partial charge in [-0.1, -0.05) is 24.3 Å². The molecule has 3 aromatic rings. The predicted octanol–water partition coefficient (Wildman–Crippen LogP) is 4.36. The van der Waals surface area contributed by atoms with Crippen LogP contribution in [0.5, 0.6) is 11.5 Å². The number of carbonyl (C=O) groups excluding carboxylic acids is 2. The van der Waals surface area contributed by atoms with Crippen molar-refractivity contribution in [3.05, 3.63) is 60.4 Å². The maximum absolute atomic E-state index is 13.1. The standard InChI is InChI=1S/C26H31N3O5/c1-17(2)29(18(3)4)24(30)16-34-26(31)25-21(15-28(27-25)20-10-8-7-9-11-20)19-12-13-22(32-5)23(14-19)33-6/h7-15,17-18H,16H2,1-6H3. The first kappa shape index (κ1) is 24.8. The molecule has 34 heavy (non-hydrogen) atoms. The minimum Gasteiger partial charge on any atom is -0.493 e. The summed E-state index contributed by atoms with van der Waals surface area (Å²) in [5, 5.41) is 4.49. The Morgan fingerprint density at radius 1 is 0.941 bits per heavy atom. The van der Waals surface area contributed by atoms with E-state index >= 15 is 0 Å². The molecule has 0 N–H and O–H groups in total. The number of methoxy groups -OCH3 is 2. The van der Waals surface area contributed by atoms with Crippen LogP contribution in [0.15, 0.2) is 54.7 Å². The van der Waals surface area contributed by atoms with Crippen LogP contribution in [-0.4, -0.2) is 59.5 Å². The van der Waals surface area contributed by atoms with E-state index in [2.05, 4.69) is 5.10 Å². The van der Waals surface area contributed by atoms with Gasteiger partial charge >= 0.3 is 5.97 Å². The molecule has 8 nitrogen and oxygen atoms in total. The van der Waals surface area contributed by atoms with Crippen molar-refractivity contribution in [2.45, 2.75) is 39.8 Å². The lowest BCUT2D eigenvalue weighted by Crippen LogP contribution is -2.44. The van der Waals surface area contributed by atoms with E-state index in [0.29, 0.717) is 22.6 Å². The van der Waals surface area contributed by atoms with E-state index < -0.39 is 5.97 Å². The molecule has 0 atom stereocenters. The Balaban J connectivity index is 1.96. The molecular weight excluding hydrogens is 434 g/mol. The third-order valence-corrected chi connectivity index (χ3v) is 5.35. The summed E-state index contributed by atoms with van der Waals surface area (Å²) in [5.74, 6) is 0.152. The zero-order valence-corrected chi connectivity index (χ0v) is 20.4. The molecule has 0 saturated carbocycles. The van der Waals surface area contributed by atoms with Crippen LogP contribution in [0.2, 0.25) is 0 Å². The van der Waals surface area contributed by atoms with Gasteiger partial charge in [0, 0.05) is 23.8 Å². The summed E-state index contributed by atoms with van der Waals surface area (Å²) in [4.78, 5) is 27.5. The van der Waals surface area contributed by atoms with Crippen LogP contribution >= 0.6 is 0 Å². The highest BCUT2D eigenvalue weighted by atomic mass is 16.5. The molecule has 0 saturated heterocycles. The Kier molecular flexibility index (Phi) is 7.94. The molecule has 180 valence electrons. The van der Waals surface area contributed by atoms with Crippen LogP contribution in [-0.2, 0) is 9.53 Å². The van der Waals surface area contributed by atoms with Crippen molar-refractivity contribution in [2.75, 3.05) is 20.8 Å². The van der Waals surface area contributed by atoms with Gasteiger partial charge in [-0.25, -0.2) is 9.48 Å². The minimum atomic E-state index is -0.680. The van der Waals surface area contributed by atoms with E-state index in [9.17, 15) is 9.59 Å². The quantitative estimate of drug-likeness (QED) is 0.437. The number of aromatic nitrogens is 2. The van der Waals surface area contributed by atoms with Crippen LogP contribution in [0, 0.1) is 0 Å². The lowest BCUT2D eigenvalue weighted by atomic mass is 10.1. The van der Waals surface area contributed by atoms with Gasteiger partial charge in [0.15, 0.2) is 23.8 Å². The number of hydrogen-bond acceptors (Lipinski definition) is 6. The second kappa shape index (κ2) is 10.9. The van der Waals surface area contributed by atoms with Gasteiger partial charge in [-0.3, -0.25) is 4.79 Å². The second-order valence-corrected chi connectivity index (χ2v) is 8.31. The highest BCUT2D eigenvalue weighted by Gasteiger charge is 2.25. The highest BCUT2D eigenvalue weighted by molar-refractivity contribution is 5.96. The Bertz CT molecular complexity index is 1130. The normalized spacial score (nSPS) is 10.9. The van der Waals surface area contributed by atoms with E-state index in [1.54, 1.807) is 42.1 Å². The summed E-state index contributed by atoms with van der Waals surface area (Å²) in [6, 6.07) is 14.8. The number of para-hydroxylation sites is 1. The third kappa shape index (κ3) is 5.39. The minimum absolute atomic E-state index is 0.00850. The fraction of sp³-hybridized carbons (Fsp3) is 0.346. The van der Waals surface area contributed by atoms with Crippen LogP contribution in [0.3, 0.4) is 0 Å². The second-order valence-electron chi connectivity index (χ2n) is 8.31. The van der Waals surface area contributed by atoms with Crippen LogP contribution in [0.1, 0.15) is 38.2 Å². The monoisotopic (exact) mass is 465 g/mol. The van der Waals surface area contributed by atoms with Crippen molar-refractivity contribution in [1.29, 1.82) is 0 Å². The van der Waals surface area contributed by atoms with Gasteiger partial charge in [0.1, 0.15) is 0 Å². The van der Waals surface area contributed by atoms with Crippen LogP contribution < -0.4 is 9.47 Å². The number of carbonyl (C=O) groups is 2. The number of nitrogens with zero attached hydrogens (tertiary/aromatic N) is 3. The molecule has 0 radical (unpaired) electrons. The molecular formula is C26H31N3O5. The van der Waals surface area contributed by atoms with Crippen LogP contribution in [0.25, 0.3) is 16.8 Å². The summed E-state index contributed by atoms with van der Waals surface area (Å²) < 4.78 is 17.8. The fourth-order valence-corrected chi connectivity index (χ4v) is 3.90. The number of benzene rings is 2. The molecule has 0 unspecified atom stereocenters. The molecule has 1 aromatic heterocycles. The van der Waals surface area contributed by atoms with E-state index in [4.69, 9.17) is 14.2 Å². The van der Waals surface area contributed by atoms with Gasteiger partial charge in [0.25, 0.3) is 5.91 Å². The number of ether oxygens (including phenoxy) is 3. The Labute approximate surface area is 200 Å². The van der Waals surface area contributed by atoms with Gasteiger partial charge in [0.05, 0.1) is 19.9 Å². The molecule has 8 heteroatoms. The first-order valence-electron chi connectivity index (χ1n) is 11.1. The molecule has 1 amide bonds. The fourth-order valence-electron chi connectivity index (χ4n) is 3.90. The zero-order chi connectivity index (χ0) is 24.8. The summed E-state index contributed by atoms with van der Waals surface area (Å²) in [7, 11) is 3.10. The van der Waals surface area contributed by atoms with Gasteiger partial charge in [0.2, 0.25) is 0 Å². The van der Waals surface area contributed by atoms with Crippen molar-refractivity contribution in [3.8, 4) is 28.3 Å². The lowest BCUT2D eigenvalue weighted by molar-refractivity contribution is -0.138. The van der Waals surface area contributed by atoms with Crippen molar-refractivity contribution in [2.24, 2.45) is 0 Å². The Morgan fingerprint density at radius 2 is 1.59 bits per heavy atom. The average molecular weight is 466 g/mol. The van der Waals surface area contributed by atoms with E-state index in [0.717, 1.165) is 5.69 Å². The molecule has 3 rings (SSSR count). The largest absolute Gasteiger partial charge is 0.493 e. The summed E-state index contributed by atoms with van der Waals surface area (Å²) >= 11 is 0. The van der Waals surface area contributed by atoms with Gasteiger partial charge in [-0.15, -0.1) is 0 Å². The summed E-state index contributed by atoms with van der Waals surface area (Å²) in [5.41, 5.74) is 2.13. The van der Waals surface area contributed by atoms with Crippen molar-refractivity contribution >= 4 is 11.9 Å². The summed E-state index contributed by atoms with van der Waals surface area (Å²) in [6.07, 6.45) is 1.75. The van der Waals surface area contributed by atoms with E-state index in [1.807, 2.05) is 64.1 Å². The smallest absolute Gasteiger partial charge is 0.360 e. The average Bonchev–Trinajstić information content (AvgIpc) is 3.28. The first-order valence-corrected chi connectivity index (χ1v) is 11.1. The van der Waals surface area contributed by atoms with Gasteiger partial charge in [-0.2, -0.15) is 5.10 Å². The maximum atomic E-state index is 13.1. The first-order chi connectivity index (χ1) is 16.3. The van der Waals surface area contributed by atoms with Gasteiger partial charge < -0.3 is 19.1 Å². The predicted molar refractivity (Wildman–Crippen MR) is 130 cm³/mol. The zero-order valence-electron chi connectivity index (χ0n) is 20.4. The highest BCUT2D eigenvalue weighted by Crippen LogP contribution is 2.34. The van der Waals surface area contributed by atoms with Crippen LogP contribution in [0.4, 0.5) is 0 Å². The maximum Gasteiger partial charge on any atom is 0.360 e. The SMILES string of the molecule is COc1ccc(-c2cn(-c3ccccc3)nc2C(=O)OCC(=O)N(C(C)C)C(C)C)cc1OC. The van der Waals surface area contributed by atoms with Crippen molar-refractivity contribution in [1.82, 2.24) is 14.7 Å². The number of hydrogen-bond donors (Lipinski definition) is 0. The van der Waals surface area contributed by atoms with Crippen molar-refractivity contribution < 1.29 is 23.8 Å². The summed E-state index contributed by atoms with van der Waals surface area (Å²) in [6.45, 7) is 7.35. The van der Waals surface area contributed by atoms with Crippen molar-refractivity contribution in [3.63, 3.8) is 0 Å². The molecule has 1 heterocycles. The molecule has 0 spiro atoms. The van der Waals surface area contributed by atoms with E-state index in [-0.39, 0.29) is 30.3 Å². The molecule has 0 aliphatic heterocycles. The Morgan fingerprint density at radius 3 is 2.18 bits per heavy atom. The Hall–Kier alpha value is -3.81. The lowest BCUT2D eigenvalue weighted by Gasteiger charge is -2.30. The number of esters is 1. The molecule has 0 aliphatic rings.